The minimum absolute atomic E-state index is 0.0494. The predicted octanol–water partition coefficient (Wildman–Crippen LogP) is 3.70. The zero-order chi connectivity index (χ0) is 14.7. The zero-order valence-corrected chi connectivity index (χ0v) is 12.4. The molecule has 20 heavy (non-hydrogen) atoms. The number of likely N-dealkylation sites (tertiary alicyclic amines) is 1. The fraction of sp³-hybridized carbons (Fsp3) is 0.385. The van der Waals surface area contributed by atoms with Gasteiger partial charge in [0.15, 0.2) is 0 Å². The number of oxime groups is 1. The molecular weight excluding hydrogens is 301 g/mol. The molecule has 0 aromatic heterocycles. The Morgan fingerprint density at radius 3 is 2.80 bits per heavy atom. The second kappa shape index (κ2) is 6.33. The van der Waals surface area contributed by atoms with E-state index in [2.05, 4.69) is 10.5 Å². The first-order valence-corrected chi connectivity index (χ1v) is 6.98. The van der Waals surface area contributed by atoms with Crippen LogP contribution in [-0.2, 0) is 0 Å². The van der Waals surface area contributed by atoms with E-state index in [4.69, 9.17) is 28.4 Å². The molecule has 0 spiro atoms. The number of amides is 2. The molecule has 2 rings (SSSR count). The molecule has 1 aliphatic rings. The number of anilines is 1. The molecule has 1 saturated heterocycles. The van der Waals surface area contributed by atoms with Gasteiger partial charge in [0, 0.05) is 31.1 Å². The predicted molar refractivity (Wildman–Crippen MR) is 80.1 cm³/mol. The van der Waals surface area contributed by atoms with Crippen LogP contribution >= 0.6 is 23.2 Å². The van der Waals surface area contributed by atoms with Crippen LogP contribution in [0.4, 0.5) is 10.5 Å². The number of urea groups is 1. The quantitative estimate of drug-likeness (QED) is 0.613. The Morgan fingerprint density at radius 1 is 1.45 bits per heavy atom. The molecule has 1 aromatic rings. The van der Waals surface area contributed by atoms with E-state index in [-0.39, 0.29) is 11.9 Å². The SMILES string of the molecule is CC1CN(C(=O)Nc2ccc(Cl)c(Cl)c2)CC/C1=N\O. The van der Waals surface area contributed by atoms with E-state index >= 15 is 0 Å². The van der Waals surface area contributed by atoms with Gasteiger partial charge in [-0.2, -0.15) is 0 Å². The Hall–Kier alpha value is -1.46. The summed E-state index contributed by atoms with van der Waals surface area (Å²) < 4.78 is 0. The maximum Gasteiger partial charge on any atom is 0.321 e. The number of piperidine rings is 1. The van der Waals surface area contributed by atoms with Crippen LogP contribution < -0.4 is 5.32 Å². The standard InChI is InChI=1S/C13H15Cl2N3O2/c1-8-7-18(5-4-12(8)17-20)13(19)16-9-2-3-10(14)11(15)6-9/h2-3,6,8,20H,4-5,7H2,1H3,(H,16,19)/b17-12+. The Morgan fingerprint density at radius 2 is 2.20 bits per heavy atom. The Balaban J connectivity index is 2.00. The lowest BCUT2D eigenvalue weighted by Crippen LogP contribution is -2.45. The van der Waals surface area contributed by atoms with E-state index in [9.17, 15) is 4.79 Å². The van der Waals surface area contributed by atoms with Crippen molar-refractivity contribution >= 4 is 40.6 Å². The molecule has 0 radical (unpaired) electrons. The van der Waals surface area contributed by atoms with Crippen molar-refractivity contribution in [3.05, 3.63) is 28.2 Å². The Bertz CT molecular complexity index is 548. The van der Waals surface area contributed by atoms with Crippen molar-refractivity contribution in [2.75, 3.05) is 18.4 Å². The van der Waals surface area contributed by atoms with Crippen molar-refractivity contribution in [3.63, 3.8) is 0 Å². The van der Waals surface area contributed by atoms with Gasteiger partial charge in [-0.05, 0) is 18.2 Å². The molecule has 1 fully saturated rings. The molecule has 5 nitrogen and oxygen atoms in total. The number of nitrogens with one attached hydrogen (secondary N) is 1. The molecule has 1 aromatic carbocycles. The van der Waals surface area contributed by atoms with Crippen LogP contribution in [-0.4, -0.2) is 34.9 Å². The summed E-state index contributed by atoms with van der Waals surface area (Å²) in [6, 6.07) is 4.73. The number of rotatable bonds is 1. The number of hydrogen-bond donors (Lipinski definition) is 2. The number of hydrogen-bond acceptors (Lipinski definition) is 3. The molecule has 1 aliphatic heterocycles. The largest absolute Gasteiger partial charge is 0.411 e. The van der Waals surface area contributed by atoms with Gasteiger partial charge in [0.05, 0.1) is 15.8 Å². The highest BCUT2D eigenvalue weighted by Crippen LogP contribution is 2.25. The second-order valence-corrected chi connectivity index (χ2v) is 5.56. The normalized spacial score (nSPS) is 21.1. The molecule has 2 N–H and O–H groups in total. The molecule has 0 saturated carbocycles. The third-order valence-corrected chi connectivity index (χ3v) is 4.03. The van der Waals surface area contributed by atoms with Crippen LogP contribution in [0.3, 0.4) is 0 Å². The minimum Gasteiger partial charge on any atom is -0.411 e. The lowest BCUT2D eigenvalue weighted by molar-refractivity contribution is 0.203. The number of nitrogens with zero attached hydrogens (tertiary/aromatic N) is 2. The lowest BCUT2D eigenvalue weighted by atomic mass is 9.98. The summed E-state index contributed by atoms with van der Waals surface area (Å²) in [5.74, 6) is 0.0494. The second-order valence-electron chi connectivity index (χ2n) is 4.75. The van der Waals surface area contributed by atoms with Gasteiger partial charge >= 0.3 is 6.03 Å². The first-order valence-electron chi connectivity index (χ1n) is 6.23. The van der Waals surface area contributed by atoms with Crippen molar-refractivity contribution < 1.29 is 10.0 Å². The smallest absolute Gasteiger partial charge is 0.321 e. The Kier molecular flexibility index (Phi) is 4.73. The number of halogens is 2. The summed E-state index contributed by atoms with van der Waals surface area (Å²) in [6.45, 7) is 2.97. The van der Waals surface area contributed by atoms with E-state index < -0.39 is 0 Å². The maximum absolute atomic E-state index is 12.1. The fourth-order valence-corrected chi connectivity index (χ4v) is 2.43. The summed E-state index contributed by atoms with van der Waals surface area (Å²) in [6.07, 6.45) is 0.576. The summed E-state index contributed by atoms with van der Waals surface area (Å²) in [5.41, 5.74) is 1.32. The van der Waals surface area contributed by atoms with Gasteiger partial charge in [0.1, 0.15) is 0 Å². The van der Waals surface area contributed by atoms with Crippen LogP contribution in [0.5, 0.6) is 0 Å². The molecule has 1 atom stereocenters. The molecule has 0 aliphatic carbocycles. The number of benzene rings is 1. The summed E-state index contributed by atoms with van der Waals surface area (Å²) in [4.78, 5) is 13.8. The summed E-state index contributed by atoms with van der Waals surface area (Å²) >= 11 is 11.7. The average molecular weight is 316 g/mol. The molecule has 108 valence electrons. The third kappa shape index (κ3) is 3.35. The summed E-state index contributed by atoms with van der Waals surface area (Å²) in [5, 5.41) is 15.7. The van der Waals surface area contributed by atoms with Crippen molar-refractivity contribution in [2.24, 2.45) is 11.1 Å². The number of carbonyl (C=O) groups is 1. The minimum atomic E-state index is -0.202. The molecule has 1 heterocycles. The molecular formula is C13H15Cl2N3O2. The molecule has 0 bridgehead atoms. The fourth-order valence-electron chi connectivity index (χ4n) is 2.13. The monoisotopic (exact) mass is 315 g/mol. The van der Waals surface area contributed by atoms with Gasteiger partial charge in [0.2, 0.25) is 0 Å². The average Bonchev–Trinajstić information content (AvgIpc) is 2.42. The molecule has 2 amide bonds. The van der Waals surface area contributed by atoms with Gasteiger partial charge in [-0.3, -0.25) is 0 Å². The van der Waals surface area contributed by atoms with E-state index in [0.717, 1.165) is 5.71 Å². The van der Waals surface area contributed by atoms with E-state index in [1.54, 1.807) is 23.1 Å². The van der Waals surface area contributed by atoms with Gasteiger partial charge in [-0.15, -0.1) is 0 Å². The molecule has 1 unspecified atom stereocenters. The van der Waals surface area contributed by atoms with Crippen LogP contribution in [0.2, 0.25) is 10.0 Å². The van der Waals surface area contributed by atoms with Gasteiger partial charge in [-0.25, -0.2) is 4.79 Å². The van der Waals surface area contributed by atoms with Crippen molar-refractivity contribution in [2.45, 2.75) is 13.3 Å². The zero-order valence-electron chi connectivity index (χ0n) is 10.9. The van der Waals surface area contributed by atoms with E-state index in [1.807, 2.05) is 6.92 Å². The van der Waals surface area contributed by atoms with Crippen LogP contribution in [0.15, 0.2) is 23.4 Å². The lowest BCUT2D eigenvalue weighted by Gasteiger charge is -2.31. The van der Waals surface area contributed by atoms with E-state index in [0.29, 0.717) is 35.2 Å². The van der Waals surface area contributed by atoms with Crippen molar-refractivity contribution in [3.8, 4) is 0 Å². The first-order chi connectivity index (χ1) is 9.51. The Labute approximate surface area is 127 Å². The highest BCUT2D eigenvalue weighted by Gasteiger charge is 2.25. The highest BCUT2D eigenvalue weighted by atomic mass is 35.5. The van der Waals surface area contributed by atoms with Gasteiger partial charge < -0.3 is 15.4 Å². The van der Waals surface area contributed by atoms with Crippen LogP contribution in [0, 0.1) is 5.92 Å². The van der Waals surface area contributed by atoms with Crippen molar-refractivity contribution in [1.29, 1.82) is 0 Å². The van der Waals surface area contributed by atoms with Gasteiger partial charge in [0.25, 0.3) is 0 Å². The van der Waals surface area contributed by atoms with Crippen molar-refractivity contribution in [1.82, 2.24) is 4.90 Å². The van der Waals surface area contributed by atoms with Crippen LogP contribution in [0.1, 0.15) is 13.3 Å². The topological polar surface area (TPSA) is 64.9 Å². The molecule has 7 heteroatoms. The maximum atomic E-state index is 12.1. The first kappa shape index (κ1) is 14.9. The van der Waals surface area contributed by atoms with Crippen LogP contribution in [0.25, 0.3) is 0 Å². The third-order valence-electron chi connectivity index (χ3n) is 3.29. The summed E-state index contributed by atoms with van der Waals surface area (Å²) in [7, 11) is 0. The highest BCUT2D eigenvalue weighted by molar-refractivity contribution is 6.42. The number of carbonyl (C=O) groups excluding carboxylic acids is 1. The van der Waals surface area contributed by atoms with E-state index in [1.165, 1.54) is 0 Å². The van der Waals surface area contributed by atoms with Gasteiger partial charge in [-0.1, -0.05) is 35.3 Å².